The van der Waals surface area contributed by atoms with E-state index in [2.05, 4.69) is 180 Å². The van der Waals surface area contributed by atoms with Crippen LogP contribution in [0.1, 0.15) is 74.9 Å². The fourth-order valence-electron chi connectivity index (χ4n) is 8.85. The van der Waals surface area contributed by atoms with E-state index in [0.29, 0.717) is 18.0 Å². The highest BCUT2D eigenvalue weighted by Gasteiger charge is 2.30. The third-order valence-corrected chi connectivity index (χ3v) is 11.9. The highest BCUT2D eigenvalue weighted by Crippen LogP contribution is 2.46. The first-order valence-electron chi connectivity index (χ1n) is 20.8. The van der Waals surface area contributed by atoms with E-state index in [0.717, 1.165) is 50.3 Å². The molecule has 0 aliphatic carbocycles. The van der Waals surface area contributed by atoms with Crippen molar-refractivity contribution in [1.29, 1.82) is 5.26 Å². The molecule has 0 unspecified atom stereocenters. The van der Waals surface area contributed by atoms with Crippen molar-refractivity contribution in [3.63, 3.8) is 0 Å². The van der Waals surface area contributed by atoms with Crippen LogP contribution in [0.25, 0.3) is 38.8 Å². The Balaban J connectivity index is 1.09. The summed E-state index contributed by atoms with van der Waals surface area (Å²) in [6.45, 7) is 20.9. The van der Waals surface area contributed by atoms with Crippen molar-refractivity contribution in [2.75, 3.05) is 16.5 Å². The maximum absolute atomic E-state index is 9.85. The number of anilines is 4. The number of benzene rings is 6. The van der Waals surface area contributed by atoms with E-state index >= 15 is 0 Å². The predicted octanol–water partition coefficient (Wildman–Crippen LogP) is 14.3. The molecule has 6 heteroatoms. The van der Waals surface area contributed by atoms with Crippen molar-refractivity contribution in [2.45, 2.75) is 73.1 Å². The third kappa shape index (κ3) is 6.94. The van der Waals surface area contributed by atoms with Crippen LogP contribution >= 0.6 is 0 Å². The molecule has 0 radical (unpaired) electrons. The molecule has 1 aliphatic heterocycles. The first kappa shape index (κ1) is 38.7. The SMILES string of the molecule is Cc1cc(C)c(-c2ccnc(-n3c4ccc(C#N)cc4c4ccc(Oc5cccc(N6CN(c7cc(C(C)(C)C)cc(C(C)(C)C)c7)c7ccccc76)c5)cc43)c2)c(C)c1. The first-order valence-corrected chi connectivity index (χ1v) is 20.8. The number of para-hydroxylation sites is 2. The number of rotatable bonds is 6. The number of hydrogen-bond acceptors (Lipinski definition) is 5. The topological polar surface area (TPSA) is 57.3 Å². The summed E-state index contributed by atoms with van der Waals surface area (Å²) in [6.07, 6.45) is 1.89. The van der Waals surface area contributed by atoms with Crippen LogP contribution in [0, 0.1) is 32.1 Å². The normalized spacial score (nSPS) is 12.9. The second-order valence-corrected chi connectivity index (χ2v) is 18.4. The molecule has 6 nitrogen and oxygen atoms in total. The minimum absolute atomic E-state index is 0.0117. The van der Waals surface area contributed by atoms with E-state index in [4.69, 9.17) is 9.72 Å². The van der Waals surface area contributed by atoms with Crippen LogP contribution in [0.15, 0.2) is 134 Å². The molecule has 0 N–H and O–H groups in total. The van der Waals surface area contributed by atoms with Crippen LogP contribution in [0.3, 0.4) is 0 Å². The van der Waals surface area contributed by atoms with E-state index in [-0.39, 0.29) is 10.8 Å². The van der Waals surface area contributed by atoms with Crippen molar-refractivity contribution in [1.82, 2.24) is 9.55 Å². The number of hydrogen-bond donors (Lipinski definition) is 0. The lowest BCUT2D eigenvalue weighted by atomic mass is 9.80. The van der Waals surface area contributed by atoms with Gasteiger partial charge in [-0.3, -0.25) is 4.57 Å². The lowest BCUT2D eigenvalue weighted by Crippen LogP contribution is -2.25. The Morgan fingerprint density at radius 1 is 0.600 bits per heavy atom. The van der Waals surface area contributed by atoms with Gasteiger partial charge in [-0.1, -0.05) is 83.5 Å². The van der Waals surface area contributed by atoms with Crippen LogP contribution in [0.2, 0.25) is 0 Å². The smallest absolute Gasteiger partial charge is 0.138 e. The second-order valence-electron chi connectivity index (χ2n) is 18.4. The van der Waals surface area contributed by atoms with Gasteiger partial charge in [0.1, 0.15) is 24.0 Å². The Hall–Kier alpha value is -6.84. The highest BCUT2D eigenvalue weighted by atomic mass is 16.5. The molecule has 2 aromatic heterocycles. The minimum atomic E-state index is 0.0117. The van der Waals surface area contributed by atoms with E-state index < -0.39 is 0 Å². The molecule has 0 saturated carbocycles. The van der Waals surface area contributed by atoms with Gasteiger partial charge in [-0.05, 0) is 144 Å². The molecule has 6 aromatic carbocycles. The lowest BCUT2D eigenvalue weighted by molar-refractivity contribution is 0.483. The summed E-state index contributed by atoms with van der Waals surface area (Å²) >= 11 is 0. The Kier molecular flexibility index (Phi) is 9.32. The summed E-state index contributed by atoms with van der Waals surface area (Å²) in [5.74, 6) is 2.26. The summed E-state index contributed by atoms with van der Waals surface area (Å²) in [7, 11) is 0. The van der Waals surface area contributed by atoms with Crippen molar-refractivity contribution >= 4 is 44.6 Å². The van der Waals surface area contributed by atoms with E-state index in [1.54, 1.807) is 0 Å². The number of fused-ring (bicyclic) bond motifs is 4. The molecule has 60 heavy (non-hydrogen) atoms. The van der Waals surface area contributed by atoms with E-state index in [1.807, 2.05) is 36.5 Å². The Labute approximate surface area is 353 Å². The maximum Gasteiger partial charge on any atom is 0.138 e. The molecular formula is C54H51N5O. The third-order valence-electron chi connectivity index (χ3n) is 11.9. The molecule has 1 aliphatic rings. The van der Waals surface area contributed by atoms with Gasteiger partial charge in [0.05, 0.1) is 34.0 Å². The number of aryl methyl sites for hydroxylation is 3. The summed E-state index contributed by atoms with van der Waals surface area (Å²) in [6, 6.07) is 47.3. The largest absolute Gasteiger partial charge is 0.457 e. The summed E-state index contributed by atoms with van der Waals surface area (Å²) < 4.78 is 8.92. The Bertz CT molecular complexity index is 2970. The molecule has 298 valence electrons. The number of nitrogens with zero attached hydrogens (tertiary/aromatic N) is 5. The second kappa shape index (κ2) is 14.5. The average Bonchev–Trinajstić information content (AvgIpc) is 3.75. The standard InChI is InChI=1S/C54H51N5O/c1-34-23-35(2)52(36(3)24-34)38-21-22-56-51(26-38)59-47-20-17-37(32-55)25-46(47)45-19-18-44(31-50(45)59)60-43-14-12-13-41(30-43)57-33-58(49-16-11-10-15-48(49)57)42-28-39(53(4,5)6)27-40(29-42)54(7,8)9/h10-31H,33H2,1-9H3. The Morgan fingerprint density at radius 2 is 1.27 bits per heavy atom. The average molecular weight is 786 g/mol. The van der Waals surface area contributed by atoms with Gasteiger partial charge < -0.3 is 14.5 Å². The number of nitriles is 1. The molecular weight excluding hydrogens is 735 g/mol. The van der Waals surface area contributed by atoms with Crippen LogP contribution in [-0.4, -0.2) is 16.2 Å². The maximum atomic E-state index is 9.85. The Morgan fingerprint density at radius 3 is 1.93 bits per heavy atom. The fraction of sp³-hybridized carbons (Fsp3) is 0.222. The quantitative estimate of drug-likeness (QED) is 0.168. The van der Waals surface area contributed by atoms with Crippen molar-refractivity contribution < 1.29 is 4.74 Å². The van der Waals surface area contributed by atoms with Gasteiger partial charge >= 0.3 is 0 Å². The zero-order valence-corrected chi connectivity index (χ0v) is 36.1. The molecule has 0 atom stereocenters. The molecule has 0 fully saturated rings. The fourth-order valence-corrected chi connectivity index (χ4v) is 8.85. The number of aromatic nitrogens is 2. The molecule has 0 bridgehead atoms. The van der Waals surface area contributed by atoms with Gasteiger partial charge in [0.25, 0.3) is 0 Å². The molecule has 0 amide bonds. The van der Waals surface area contributed by atoms with Gasteiger partial charge in [0, 0.05) is 40.5 Å². The van der Waals surface area contributed by atoms with E-state index in [1.165, 1.54) is 44.8 Å². The van der Waals surface area contributed by atoms with Gasteiger partial charge in [-0.15, -0.1) is 0 Å². The van der Waals surface area contributed by atoms with Crippen molar-refractivity contribution in [2.24, 2.45) is 0 Å². The first-order chi connectivity index (χ1) is 28.7. The van der Waals surface area contributed by atoms with Gasteiger partial charge in [-0.2, -0.15) is 5.26 Å². The predicted molar refractivity (Wildman–Crippen MR) is 249 cm³/mol. The zero-order valence-electron chi connectivity index (χ0n) is 36.1. The van der Waals surface area contributed by atoms with Crippen LogP contribution in [0.5, 0.6) is 11.5 Å². The molecule has 0 saturated heterocycles. The molecule has 9 rings (SSSR count). The molecule has 8 aromatic rings. The number of pyridine rings is 1. The van der Waals surface area contributed by atoms with Crippen molar-refractivity contribution in [3.8, 4) is 34.5 Å². The molecule has 0 spiro atoms. The van der Waals surface area contributed by atoms with Gasteiger partial charge in [-0.25, -0.2) is 4.98 Å². The summed E-state index contributed by atoms with van der Waals surface area (Å²) in [5.41, 5.74) is 15.9. The van der Waals surface area contributed by atoms with Gasteiger partial charge in [0.2, 0.25) is 0 Å². The lowest BCUT2D eigenvalue weighted by Gasteiger charge is -2.29. The van der Waals surface area contributed by atoms with E-state index in [9.17, 15) is 5.26 Å². The van der Waals surface area contributed by atoms with Crippen LogP contribution in [-0.2, 0) is 10.8 Å². The minimum Gasteiger partial charge on any atom is -0.457 e. The molecule has 3 heterocycles. The van der Waals surface area contributed by atoms with Gasteiger partial charge in [0.15, 0.2) is 0 Å². The summed E-state index contributed by atoms with van der Waals surface area (Å²) in [4.78, 5) is 9.72. The zero-order chi connectivity index (χ0) is 42.1. The van der Waals surface area contributed by atoms with Crippen LogP contribution < -0.4 is 14.5 Å². The van der Waals surface area contributed by atoms with Crippen molar-refractivity contribution in [3.05, 3.63) is 167 Å². The monoisotopic (exact) mass is 785 g/mol. The summed E-state index contributed by atoms with van der Waals surface area (Å²) in [5, 5.41) is 11.9. The number of ether oxygens (including phenoxy) is 1. The highest BCUT2D eigenvalue weighted by molar-refractivity contribution is 6.10. The van der Waals surface area contributed by atoms with Crippen LogP contribution in [0.4, 0.5) is 22.7 Å².